The fraction of sp³-hybridized carbons (Fsp3) is 0.769. The molecule has 1 rings (SSSR count). The molecule has 0 spiro atoms. The van der Waals surface area contributed by atoms with E-state index in [2.05, 4.69) is 25.6 Å². The van der Waals surface area contributed by atoms with E-state index < -0.39 is 6.10 Å². The van der Waals surface area contributed by atoms with Gasteiger partial charge in [0.05, 0.1) is 12.7 Å². The molecule has 1 aromatic rings. The Morgan fingerprint density at radius 3 is 2.35 bits per heavy atom. The third-order valence-corrected chi connectivity index (χ3v) is 2.50. The van der Waals surface area contributed by atoms with Crippen molar-refractivity contribution in [3.05, 3.63) is 0 Å². The minimum Gasteiger partial charge on any atom is -0.463 e. The molecule has 0 amide bonds. The molecule has 3 N–H and O–H groups in total. The number of nitrogens with zero attached hydrogens (tertiary/aromatic N) is 3. The molecule has 1 unspecified atom stereocenters. The molecule has 0 saturated heterocycles. The molecular weight excluding hydrogens is 258 g/mol. The van der Waals surface area contributed by atoms with Crippen LogP contribution in [0, 0.1) is 0 Å². The van der Waals surface area contributed by atoms with E-state index in [0.29, 0.717) is 31.1 Å². The smallest absolute Gasteiger partial charge is 0.323 e. The molecule has 0 fully saturated rings. The monoisotopic (exact) mass is 283 g/mol. The van der Waals surface area contributed by atoms with Gasteiger partial charge in [-0.05, 0) is 19.8 Å². The molecule has 1 atom stereocenters. The fourth-order valence-electron chi connectivity index (χ4n) is 1.58. The second-order valence-corrected chi connectivity index (χ2v) is 4.47. The average molecular weight is 283 g/mol. The number of anilines is 2. The molecule has 0 aromatic carbocycles. The van der Waals surface area contributed by atoms with Gasteiger partial charge in [-0.3, -0.25) is 0 Å². The van der Waals surface area contributed by atoms with Gasteiger partial charge < -0.3 is 20.5 Å². The molecule has 7 heteroatoms. The Morgan fingerprint density at radius 1 is 1.05 bits per heavy atom. The Hall–Kier alpha value is -1.63. The van der Waals surface area contributed by atoms with E-state index in [1.165, 1.54) is 0 Å². The second kappa shape index (κ2) is 9.30. The van der Waals surface area contributed by atoms with Crippen molar-refractivity contribution in [2.75, 3.05) is 30.3 Å². The molecule has 20 heavy (non-hydrogen) atoms. The lowest BCUT2D eigenvalue weighted by Crippen LogP contribution is -2.21. The molecule has 1 heterocycles. The first-order valence-electron chi connectivity index (χ1n) is 7.24. The van der Waals surface area contributed by atoms with E-state index in [-0.39, 0.29) is 0 Å². The summed E-state index contributed by atoms with van der Waals surface area (Å²) < 4.78 is 5.43. The Kier molecular flexibility index (Phi) is 7.64. The summed E-state index contributed by atoms with van der Waals surface area (Å²) in [6.07, 6.45) is 2.17. The minimum atomic E-state index is -0.403. The van der Waals surface area contributed by atoms with Crippen molar-refractivity contribution in [2.45, 2.75) is 46.1 Å². The minimum absolute atomic E-state index is 0.297. The van der Waals surface area contributed by atoms with E-state index in [0.717, 1.165) is 25.8 Å². The lowest BCUT2D eigenvalue weighted by molar-refractivity contribution is 0.176. The van der Waals surface area contributed by atoms with Crippen molar-refractivity contribution in [3.63, 3.8) is 0 Å². The van der Waals surface area contributed by atoms with E-state index in [9.17, 15) is 5.11 Å². The zero-order valence-corrected chi connectivity index (χ0v) is 12.5. The van der Waals surface area contributed by atoms with E-state index in [1.54, 1.807) is 0 Å². The van der Waals surface area contributed by atoms with Crippen LogP contribution in [0.1, 0.15) is 40.0 Å². The summed E-state index contributed by atoms with van der Waals surface area (Å²) in [6.45, 7) is 7.71. The van der Waals surface area contributed by atoms with E-state index in [1.807, 2.05) is 20.8 Å². The normalized spacial score (nSPS) is 12.0. The van der Waals surface area contributed by atoms with Gasteiger partial charge in [0, 0.05) is 13.1 Å². The highest BCUT2D eigenvalue weighted by Gasteiger charge is 2.09. The first-order chi connectivity index (χ1) is 9.69. The first kappa shape index (κ1) is 16.4. The number of aliphatic hydroxyl groups is 1. The Balaban J connectivity index is 2.69. The third-order valence-electron chi connectivity index (χ3n) is 2.50. The largest absolute Gasteiger partial charge is 0.463 e. The highest BCUT2D eigenvalue weighted by molar-refractivity contribution is 5.35. The highest BCUT2D eigenvalue weighted by Crippen LogP contribution is 2.11. The molecule has 114 valence electrons. The molecule has 0 aliphatic rings. The van der Waals surface area contributed by atoms with Crippen molar-refractivity contribution in [3.8, 4) is 6.01 Å². The van der Waals surface area contributed by atoms with Crippen molar-refractivity contribution in [1.82, 2.24) is 15.0 Å². The van der Waals surface area contributed by atoms with Gasteiger partial charge in [-0.2, -0.15) is 15.0 Å². The molecule has 1 aromatic heterocycles. The summed E-state index contributed by atoms with van der Waals surface area (Å²) in [5.74, 6) is 0.887. The predicted octanol–water partition coefficient (Wildman–Crippen LogP) is 1.67. The van der Waals surface area contributed by atoms with Crippen molar-refractivity contribution < 1.29 is 9.84 Å². The number of aromatic nitrogens is 3. The second-order valence-electron chi connectivity index (χ2n) is 4.47. The van der Waals surface area contributed by atoms with Gasteiger partial charge in [0.15, 0.2) is 0 Å². The van der Waals surface area contributed by atoms with Gasteiger partial charge in [-0.1, -0.05) is 20.3 Å². The van der Waals surface area contributed by atoms with Crippen LogP contribution in [-0.4, -0.2) is 45.9 Å². The van der Waals surface area contributed by atoms with Crippen molar-refractivity contribution in [2.24, 2.45) is 0 Å². The van der Waals surface area contributed by atoms with Crippen LogP contribution in [0.25, 0.3) is 0 Å². The summed E-state index contributed by atoms with van der Waals surface area (Å²) >= 11 is 0. The van der Waals surface area contributed by atoms with Crippen LogP contribution in [0.2, 0.25) is 0 Å². The summed E-state index contributed by atoms with van der Waals surface area (Å²) in [4.78, 5) is 12.6. The lowest BCUT2D eigenvalue weighted by atomic mass is 10.2. The fourth-order valence-corrected chi connectivity index (χ4v) is 1.58. The molecular formula is C13H25N5O2. The van der Waals surface area contributed by atoms with Crippen LogP contribution in [0.3, 0.4) is 0 Å². The zero-order chi connectivity index (χ0) is 14.8. The van der Waals surface area contributed by atoms with Crippen LogP contribution < -0.4 is 15.4 Å². The van der Waals surface area contributed by atoms with Crippen LogP contribution in [0.4, 0.5) is 11.9 Å². The maximum Gasteiger partial charge on any atom is 0.323 e. The Bertz CT molecular complexity index is 389. The summed E-state index contributed by atoms with van der Waals surface area (Å²) in [5.41, 5.74) is 0. The molecule has 0 aliphatic carbocycles. The van der Waals surface area contributed by atoms with Gasteiger partial charge >= 0.3 is 6.01 Å². The summed E-state index contributed by atoms with van der Waals surface area (Å²) in [7, 11) is 0. The van der Waals surface area contributed by atoms with Gasteiger partial charge in [0.1, 0.15) is 0 Å². The average Bonchev–Trinajstić information content (AvgIpc) is 2.43. The zero-order valence-electron chi connectivity index (χ0n) is 12.5. The SMILES string of the molecule is CCCOc1nc(NCC)nc(NCC(O)CCC)n1. The summed E-state index contributed by atoms with van der Waals surface area (Å²) in [6, 6.07) is 0.297. The van der Waals surface area contributed by atoms with Gasteiger partial charge in [-0.25, -0.2) is 0 Å². The molecule has 0 saturated carbocycles. The Labute approximate surface area is 120 Å². The molecule has 0 radical (unpaired) electrons. The maximum absolute atomic E-state index is 9.71. The number of hydrogen-bond donors (Lipinski definition) is 3. The molecule has 0 aliphatic heterocycles. The van der Waals surface area contributed by atoms with Crippen molar-refractivity contribution in [1.29, 1.82) is 0 Å². The topological polar surface area (TPSA) is 92.2 Å². The third kappa shape index (κ3) is 6.01. The Morgan fingerprint density at radius 2 is 1.75 bits per heavy atom. The number of rotatable bonds is 10. The van der Waals surface area contributed by atoms with Crippen LogP contribution in [-0.2, 0) is 0 Å². The number of nitrogens with one attached hydrogen (secondary N) is 2. The number of hydrogen-bond acceptors (Lipinski definition) is 7. The highest BCUT2D eigenvalue weighted by atomic mass is 16.5. The van der Waals surface area contributed by atoms with Crippen LogP contribution >= 0.6 is 0 Å². The number of ether oxygens (including phenoxy) is 1. The van der Waals surface area contributed by atoms with Gasteiger partial charge in [0.2, 0.25) is 11.9 Å². The van der Waals surface area contributed by atoms with Crippen molar-refractivity contribution >= 4 is 11.9 Å². The summed E-state index contributed by atoms with van der Waals surface area (Å²) in [5, 5.41) is 15.8. The molecule has 0 bridgehead atoms. The standard InChI is InChI=1S/C13H25N5O2/c1-4-7-10(19)9-15-12-16-11(14-6-3)17-13(18-12)20-8-5-2/h10,19H,4-9H2,1-3H3,(H2,14,15,16,17,18). The number of aliphatic hydroxyl groups excluding tert-OH is 1. The predicted molar refractivity (Wildman–Crippen MR) is 79.2 cm³/mol. The molecule has 7 nitrogen and oxygen atoms in total. The first-order valence-corrected chi connectivity index (χ1v) is 7.24. The lowest BCUT2D eigenvalue weighted by Gasteiger charge is -2.12. The van der Waals surface area contributed by atoms with Gasteiger partial charge in [0.25, 0.3) is 0 Å². The van der Waals surface area contributed by atoms with Crippen LogP contribution in [0.15, 0.2) is 0 Å². The maximum atomic E-state index is 9.71. The van der Waals surface area contributed by atoms with Gasteiger partial charge in [-0.15, -0.1) is 0 Å². The van der Waals surface area contributed by atoms with E-state index >= 15 is 0 Å². The van der Waals surface area contributed by atoms with E-state index in [4.69, 9.17) is 4.74 Å². The quantitative estimate of drug-likeness (QED) is 0.601. The van der Waals surface area contributed by atoms with Crippen LogP contribution in [0.5, 0.6) is 6.01 Å².